The van der Waals surface area contributed by atoms with E-state index in [0.717, 1.165) is 13.0 Å². The Morgan fingerprint density at radius 3 is 2.53 bits per heavy atom. The lowest BCUT2D eigenvalue weighted by molar-refractivity contribution is -0.810. The molecule has 4 nitrogen and oxygen atoms in total. The van der Waals surface area contributed by atoms with E-state index in [9.17, 15) is 9.90 Å². The molecule has 0 bridgehead atoms. The van der Waals surface area contributed by atoms with Gasteiger partial charge in [0.15, 0.2) is 6.67 Å². The van der Waals surface area contributed by atoms with Crippen LogP contribution in [0.15, 0.2) is 12.4 Å². The summed E-state index contributed by atoms with van der Waals surface area (Å²) in [5.41, 5.74) is 0. The summed E-state index contributed by atoms with van der Waals surface area (Å²) >= 11 is 0. The van der Waals surface area contributed by atoms with Crippen molar-refractivity contribution in [2.24, 2.45) is 0 Å². The quantitative estimate of drug-likeness (QED) is 0.504. The Morgan fingerprint density at radius 1 is 1.29 bits per heavy atom. The van der Waals surface area contributed by atoms with Gasteiger partial charge in [-0.05, 0) is 6.42 Å². The van der Waals surface area contributed by atoms with Gasteiger partial charge in [0.2, 0.25) is 0 Å². The first-order valence-corrected chi connectivity index (χ1v) is 6.58. The van der Waals surface area contributed by atoms with E-state index < -0.39 is 6.09 Å². The van der Waals surface area contributed by atoms with Gasteiger partial charge in [-0.1, -0.05) is 39.0 Å². The number of carbonyl (C=O) groups excluding carboxylic acids is 1. The van der Waals surface area contributed by atoms with E-state index in [-0.39, 0.29) is 4.48 Å². The van der Waals surface area contributed by atoms with Gasteiger partial charge in [-0.3, -0.25) is 0 Å². The molecule has 1 aliphatic rings. The minimum atomic E-state index is -1.04. The maximum atomic E-state index is 10.9. The highest BCUT2D eigenvalue weighted by atomic mass is 16.4. The molecule has 1 heterocycles. The van der Waals surface area contributed by atoms with Crippen molar-refractivity contribution in [1.29, 1.82) is 0 Å². The molecule has 0 aromatic rings. The van der Waals surface area contributed by atoms with Gasteiger partial charge in [-0.15, -0.1) is 0 Å². The molecule has 98 valence electrons. The number of hydrogen-bond donors (Lipinski definition) is 0. The van der Waals surface area contributed by atoms with Crippen molar-refractivity contribution in [3.63, 3.8) is 0 Å². The van der Waals surface area contributed by atoms with Crippen LogP contribution in [0, 0.1) is 0 Å². The van der Waals surface area contributed by atoms with Crippen LogP contribution in [0.3, 0.4) is 0 Å². The molecule has 0 fully saturated rings. The Balaban J connectivity index is 2.11. The van der Waals surface area contributed by atoms with Gasteiger partial charge >= 0.3 is 0 Å². The first-order valence-electron chi connectivity index (χ1n) is 6.58. The van der Waals surface area contributed by atoms with Gasteiger partial charge < -0.3 is 14.8 Å². The van der Waals surface area contributed by atoms with Crippen molar-refractivity contribution >= 4 is 6.09 Å². The molecule has 17 heavy (non-hydrogen) atoms. The number of amides is 1. The van der Waals surface area contributed by atoms with Gasteiger partial charge in [0, 0.05) is 6.54 Å². The SMILES string of the molecule is CCCCCCCCN1C=C[N+](C)(C(=O)[O-])C1. The number of carbonyl (C=O) groups is 1. The minimum absolute atomic E-state index is 0.129. The third-order valence-electron chi connectivity index (χ3n) is 3.30. The van der Waals surface area contributed by atoms with Crippen molar-refractivity contribution in [2.75, 3.05) is 20.3 Å². The topological polar surface area (TPSA) is 43.4 Å². The molecular formula is C13H24N2O2. The van der Waals surface area contributed by atoms with Crippen LogP contribution < -0.4 is 5.11 Å². The van der Waals surface area contributed by atoms with E-state index >= 15 is 0 Å². The molecule has 0 aromatic carbocycles. The normalized spacial score (nSPS) is 23.3. The molecule has 0 N–H and O–H groups in total. The summed E-state index contributed by atoms with van der Waals surface area (Å²) in [6.07, 6.45) is 10.1. The van der Waals surface area contributed by atoms with Crippen LogP contribution in [0.1, 0.15) is 45.4 Å². The maximum Gasteiger partial charge on any atom is 0.263 e. The molecular weight excluding hydrogens is 216 g/mol. The summed E-state index contributed by atoms with van der Waals surface area (Å²) in [4.78, 5) is 13.0. The number of carboxylic acid groups (broad SMARTS) is 1. The predicted octanol–water partition coefficient (Wildman–Crippen LogP) is 1.88. The number of rotatable bonds is 7. The van der Waals surface area contributed by atoms with E-state index in [1.807, 2.05) is 6.20 Å². The Morgan fingerprint density at radius 2 is 1.94 bits per heavy atom. The van der Waals surface area contributed by atoms with Crippen LogP contribution in [0.4, 0.5) is 4.79 Å². The molecule has 1 rings (SSSR count). The fourth-order valence-electron chi connectivity index (χ4n) is 2.07. The summed E-state index contributed by atoms with van der Waals surface area (Å²) in [7, 11) is 1.66. The van der Waals surface area contributed by atoms with Crippen molar-refractivity contribution < 1.29 is 14.4 Å². The Kier molecular flexibility index (Phi) is 5.48. The van der Waals surface area contributed by atoms with Crippen LogP contribution in [-0.2, 0) is 0 Å². The Bertz CT molecular complexity index is 279. The monoisotopic (exact) mass is 240 g/mol. The highest BCUT2D eigenvalue weighted by Crippen LogP contribution is 2.15. The molecule has 1 aliphatic heterocycles. The second-order valence-corrected chi connectivity index (χ2v) is 5.05. The lowest BCUT2D eigenvalue weighted by atomic mass is 10.1. The lowest BCUT2D eigenvalue weighted by Gasteiger charge is -2.27. The molecule has 1 atom stereocenters. The second-order valence-electron chi connectivity index (χ2n) is 5.05. The van der Waals surface area contributed by atoms with Gasteiger partial charge in [0.1, 0.15) is 6.20 Å². The smallest absolute Gasteiger partial charge is 0.263 e. The highest BCUT2D eigenvalue weighted by molar-refractivity contribution is 5.54. The third kappa shape index (κ3) is 4.38. The molecule has 0 saturated heterocycles. The van der Waals surface area contributed by atoms with Crippen molar-refractivity contribution in [2.45, 2.75) is 45.4 Å². The summed E-state index contributed by atoms with van der Waals surface area (Å²) in [6.45, 7) is 3.66. The number of unbranched alkanes of at least 4 members (excludes halogenated alkanes) is 5. The standard InChI is InChI=1S/C13H24N2O2/c1-3-4-5-6-7-8-9-14-10-11-15(2,12-14)13(16)17/h10-11H,3-9,12H2,1-2H3. The van der Waals surface area contributed by atoms with Gasteiger partial charge in [-0.2, -0.15) is 0 Å². The largest absolute Gasteiger partial charge is 0.498 e. The molecule has 0 spiro atoms. The summed E-state index contributed by atoms with van der Waals surface area (Å²) < 4.78 is -0.129. The molecule has 0 aromatic heterocycles. The molecule has 0 radical (unpaired) electrons. The predicted molar refractivity (Wildman–Crippen MR) is 65.7 cm³/mol. The Labute approximate surface area is 104 Å². The van der Waals surface area contributed by atoms with Crippen LogP contribution in [-0.4, -0.2) is 35.7 Å². The van der Waals surface area contributed by atoms with E-state index in [1.54, 1.807) is 13.2 Å². The number of hydrogen-bond acceptors (Lipinski definition) is 3. The van der Waals surface area contributed by atoms with Crippen LogP contribution in [0.25, 0.3) is 0 Å². The Hall–Kier alpha value is -1.03. The van der Waals surface area contributed by atoms with E-state index in [1.165, 1.54) is 32.1 Å². The van der Waals surface area contributed by atoms with E-state index in [0.29, 0.717) is 6.67 Å². The van der Waals surface area contributed by atoms with Gasteiger partial charge in [-0.25, -0.2) is 4.48 Å². The van der Waals surface area contributed by atoms with Crippen LogP contribution in [0.5, 0.6) is 0 Å². The zero-order valence-electron chi connectivity index (χ0n) is 11.0. The summed E-state index contributed by atoms with van der Waals surface area (Å²) in [5, 5.41) is 10.9. The second kappa shape index (κ2) is 6.64. The first-order chi connectivity index (χ1) is 8.08. The molecule has 0 aliphatic carbocycles. The minimum Gasteiger partial charge on any atom is -0.498 e. The molecule has 1 amide bonds. The zero-order chi connectivity index (χ0) is 12.7. The highest BCUT2D eigenvalue weighted by Gasteiger charge is 2.29. The summed E-state index contributed by atoms with van der Waals surface area (Å²) in [5.74, 6) is 0. The fourth-order valence-corrected chi connectivity index (χ4v) is 2.07. The molecule has 0 saturated carbocycles. The zero-order valence-corrected chi connectivity index (χ0v) is 11.0. The third-order valence-corrected chi connectivity index (χ3v) is 3.30. The lowest BCUT2D eigenvalue weighted by Crippen LogP contribution is -2.53. The first kappa shape index (κ1) is 14.0. The average molecular weight is 240 g/mol. The molecule has 1 unspecified atom stereocenters. The molecule has 4 heteroatoms. The van der Waals surface area contributed by atoms with Crippen molar-refractivity contribution in [3.05, 3.63) is 12.4 Å². The number of quaternary nitrogens is 1. The van der Waals surface area contributed by atoms with Gasteiger partial charge in [0.05, 0.1) is 13.2 Å². The van der Waals surface area contributed by atoms with E-state index in [4.69, 9.17) is 0 Å². The van der Waals surface area contributed by atoms with Gasteiger partial charge in [0.25, 0.3) is 6.09 Å². The van der Waals surface area contributed by atoms with Crippen LogP contribution in [0.2, 0.25) is 0 Å². The fraction of sp³-hybridized carbons (Fsp3) is 0.769. The maximum absolute atomic E-state index is 10.9. The van der Waals surface area contributed by atoms with Crippen molar-refractivity contribution in [3.8, 4) is 0 Å². The van der Waals surface area contributed by atoms with Crippen LogP contribution >= 0.6 is 0 Å². The van der Waals surface area contributed by atoms with E-state index in [2.05, 4.69) is 11.8 Å². The summed E-state index contributed by atoms with van der Waals surface area (Å²) in [6, 6.07) is 0. The number of nitrogens with zero attached hydrogens (tertiary/aromatic N) is 2. The average Bonchev–Trinajstić information content (AvgIpc) is 2.67. The van der Waals surface area contributed by atoms with Crippen molar-refractivity contribution in [1.82, 2.24) is 4.90 Å².